The van der Waals surface area contributed by atoms with E-state index < -0.39 is 0 Å². The zero-order valence-electron chi connectivity index (χ0n) is 14.8. The van der Waals surface area contributed by atoms with Crippen LogP contribution in [0.4, 0.5) is 0 Å². The number of para-hydroxylation sites is 1. The van der Waals surface area contributed by atoms with Gasteiger partial charge >= 0.3 is 0 Å². The van der Waals surface area contributed by atoms with Gasteiger partial charge in [-0.25, -0.2) is 4.98 Å². The SMILES string of the molecule is COc1ccc(Oc2cccc3c2OC[C@H]3NC(C)(C)C)c(C)n1. The van der Waals surface area contributed by atoms with Gasteiger partial charge < -0.3 is 19.5 Å². The Hall–Kier alpha value is -2.27. The minimum Gasteiger partial charge on any atom is -0.487 e. The van der Waals surface area contributed by atoms with Crippen molar-refractivity contribution in [2.75, 3.05) is 13.7 Å². The number of fused-ring (bicyclic) bond motifs is 1. The summed E-state index contributed by atoms with van der Waals surface area (Å²) < 4.78 is 17.1. The fraction of sp³-hybridized carbons (Fsp3) is 0.421. The predicted octanol–water partition coefficient (Wildman–Crippen LogP) is 4.01. The summed E-state index contributed by atoms with van der Waals surface area (Å²) in [6, 6.07) is 9.81. The molecule has 5 nitrogen and oxygen atoms in total. The molecule has 1 atom stereocenters. The molecule has 0 unspecified atom stereocenters. The van der Waals surface area contributed by atoms with Gasteiger partial charge in [0.05, 0.1) is 18.8 Å². The summed E-state index contributed by atoms with van der Waals surface area (Å²) in [4.78, 5) is 4.34. The molecule has 0 fully saturated rings. The van der Waals surface area contributed by atoms with E-state index in [2.05, 4.69) is 37.1 Å². The van der Waals surface area contributed by atoms with Crippen LogP contribution >= 0.6 is 0 Å². The third kappa shape index (κ3) is 3.46. The Morgan fingerprint density at radius 1 is 1.17 bits per heavy atom. The van der Waals surface area contributed by atoms with Gasteiger partial charge in [0.1, 0.15) is 12.4 Å². The number of nitrogens with one attached hydrogen (secondary N) is 1. The van der Waals surface area contributed by atoms with Crippen LogP contribution in [-0.4, -0.2) is 24.2 Å². The molecule has 0 aliphatic carbocycles. The van der Waals surface area contributed by atoms with Crippen LogP contribution in [0.15, 0.2) is 30.3 Å². The van der Waals surface area contributed by atoms with Crippen LogP contribution in [0.3, 0.4) is 0 Å². The lowest BCUT2D eigenvalue weighted by molar-refractivity contribution is 0.270. The molecule has 5 heteroatoms. The molecule has 1 aromatic carbocycles. The Labute approximate surface area is 143 Å². The number of ether oxygens (including phenoxy) is 3. The maximum Gasteiger partial charge on any atom is 0.213 e. The Morgan fingerprint density at radius 3 is 2.62 bits per heavy atom. The van der Waals surface area contributed by atoms with E-state index in [1.54, 1.807) is 13.2 Å². The molecule has 128 valence electrons. The molecule has 24 heavy (non-hydrogen) atoms. The van der Waals surface area contributed by atoms with Crippen LogP contribution in [0, 0.1) is 6.92 Å². The summed E-state index contributed by atoms with van der Waals surface area (Å²) in [5.74, 6) is 2.78. The number of methoxy groups -OCH3 is 1. The maximum atomic E-state index is 6.06. The quantitative estimate of drug-likeness (QED) is 0.919. The number of aromatic nitrogens is 1. The van der Waals surface area contributed by atoms with Crippen molar-refractivity contribution in [2.45, 2.75) is 39.3 Å². The van der Waals surface area contributed by atoms with E-state index in [0.717, 1.165) is 17.0 Å². The maximum absolute atomic E-state index is 6.06. The molecule has 1 aromatic heterocycles. The summed E-state index contributed by atoms with van der Waals surface area (Å²) in [7, 11) is 1.60. The Kier molecular flexibility index (Phi) is 4.37. The molecule has 1 N–H and O–H groups in total. The topological polar surface area (TPSA) is 52.6 Å². The highest BCUT2D eigenvalue weighted by atomic mass is 16.5. The second-order valence-electron chi connectivity index (χ2n) is 6.97. The largest absolute Gasteiger partial charge is 0.487 e. The van der Waals surface area contributed by atoms with Gasteiger partial charge in [0.15, 0.2) is 11.5 Å². The molecular weight excluding hydrogens is 304 g/mol. The van der Waals surface area contributed by atoms with Gasteiger partial charge in [-0.3, -0.25) is 0 Å². The highest BCUT2D eigenvalue weighted by molar-refractivity contribution is 5.52. The molecular formula is C19H24N2O3. The van der Waals surface area contributed by atoms with E-state index in [1.165, 1.54) is 0 Å². The van der Waals surface area contributed by atoms with Crippen LogP contribution in [0.1, 0.15) is 38.1 Å². The molecule has 0 bridgehead atoms. The van der Waals surface area contributed by atoms with E-state index in [9.17, 15) is 0 Å². The third-order valence-corrected chi connectivity index (χ3v) is 3.83. The second-order valence-corrected chi connectivity index (χ2v) is 6.97. The molecule has 0 spiro atoms. The zero-order valence-corrected chi connectivity index (χ0v) is 14.8. The number of hydrogen-bond acceptors (Lipinski definition) is 5. The van der Waals surface area contributed by atoms with Crippen LogP contribution in [-0.2, 0) is 0 Å². The van der Waals surface area contributed by atoms with Crippen LogP contribution in [0.25, 0.3) is 0 Å². The summed E-state index contributed by atoms with van der Waals surface area (Å²) >= 11 is 0. The molecule has 1 aliphatic heterocycles. The van der Waals surface area contributed by atoms with Crippen molar-refractivity contribution in [1.29, 1.82) is 0 Å². The first-order valence-electron chi connectivity index (χ1n) is 8.10. The standard InChI is InChI=1S/C19H24N2O3/c1-12-15(9-10-17(20-12)22-5)24-16-8-6-7-13-14(11-23-18(13)16)21-19(2,3)4/h6-10,14,21H,11H2,1-5H3/t14-/m1/s1. The van der Waals surface area contributed by atoms with Crippen molar-refractivity contribution in [3.8, 4) is 23.1 Å². The van der Waals surface area contributed by atoms with Crippen molar-refractivity contribution in [3.05, 3.63) is 41.6 Å². The van der Waals surface area contributed by atoms with Gasteiger partial charge in [0.2, 0.25) is 5.88 Å². The number of hydrogen-bond donors (Lipinski definition) is 1. The molecule has 0 saturated carbocycles. The van der Waals surface area contributed by atoms with E-state index in [1.807, 2.05) is 25.1 Å². The first-order valence-corrected chi connectivity index (χ1v) is 8.10. The zero-order chi connectivity index (χ0) is 17.3. The molecule has 1 aliphatic rings. The van der Waals surface area contributed by atoms with E-state index >= 15 is 0 Å². The Bertz CT molecular complexity index is 738. The van der Waals surface area contributed by atoms with Gasteiger partial charge in [0, 0.05) is 17.2 Å². The lowest BCUT2D eigenvalue weighted by Crippen LogP contribution is -2.39. The van der Waals surface area contributed by atoms with Crippen molar-refractivity contribution < 1.29 is 14.2 Å². The fourth-order valence-electron chi connectivity index (χ4n) is 2.81. The number of aryl methyl sites for hydroxylation is 1. The number of nitrogens with zero attached hydrogens (tertiary/aromatic N) is 1. The Balaban J connectivity index is 1.86. The number of pyridine rings is 1. The van der Waals surface area contributed by atoms with E-state index in [0.29, 0.717) is 24.0 Å². The average molecular weight is 328 g/mol. The van der Waals surface area contributed by atoms with Crippen molar-refractivity contribution in [1.82, 2.24) is 10.3 Å². The van der Waals surface area contributed by atoms with Crippen LogP contribution < -0.4 is 19.5 Å². The van der Waals surface area contributed by atoms with Crippen molar-refractivity contribution in [2.24, 2.45) is 0 Å². The summed E-state index contributed by atoms with van der Waals surface area (Å²) in [5.41, 5.74) is 1.92. The minimum atomic E-state index is 0.0169. The highest BCUT2D eigenvalue weighted by Gasteiger charge is 2.30. The van der Waals surface area contributed by atoms with Crippen LogP contribution in [0.2, 0.25) is 0 Å². The summed E-state index contributed by atoms with van der Waals surface area (Å²) in [6.07, 6.45) is 0. The van der Waals surface area contributed by atoms with Gasteiger partial charge in [-0.15, -0.1) is 0 Å². The first kappa shape index (κ1) is 16.6. The number of benzene rings is 1. The molecule has 0 saturated heterocycles. The molecule has 3 rings (SSSR count). The first-order chi connectivity index (χ1) is 11.4. The van der Waals surface area contributed by atoms with E-state index in [-0.39, 0.29) is 11.6 Å². The van der Waals surface area contributed by atoms with Crippen molar-refractivity contribution >= 4 is 0 Å². The summed E-state index contributed by atoms with van der Waals surface area (Å²) in [6.45, 7) is 8.95. The van der Waals surface area contributed by atoms with Crippen molar-refractivity contribution in [3.63, 3.8) is 0 Å². The van der Waals surface area contributed by atoms with Gasteiger partial charge in [0.25, 0.3) is 0 Å². The normalized spacial score (nSPS) is 16.5. The smallest absolute Gasteiger partial charge is 0.213 e. The lowest BCUT2D eigenvalue weighted by atomic mass is 10.0. The van der Waals surface area contributed by atoms with Gasteiger partial charge in [-0.2, -0.15) is 0 Å². The fourth-order valence-corrected chi connectivity index (χ4v) is 2.81. The van der Waals surface area contributed by atoms with Gasteiger partial charge in [-0.1, -0.05) is 12.1 Å². The number of rotatable bonds is 4. The monoisotopic (exact) mass is 328 g/mol. The van der Waals surface area contributed by atoms with E-state index in [4.69, 9.17) is 14.2 Å². The minimum absolute atomic E-state index is 0.0169. The Morgan fingerprint density at radius 2 is 1.96 bits per heavy atom. The second kappa shape index (κ2) is 6.32. The van der Waals surface area contributed by atoms with Crippen LogP contribution in [0.5, 0.6) is 23.1 Å². The lowest BCUT2D eigenvalue weighted by Gasteiger charge is -2.25. The molecule has 2 aromatic rings. The third-order valence-electron chi connectivity index (χ3n) is 3.83. The highest BCUT2D eigenvalue weighted by Crippen LogP contribution is 2.42. The average Bonchev–Trinajstić information content (AvgIpc) is 2.91. The molecule has 0 amide bonds. The molecule has 2 heterocycles. The predicted molar refractivity (Wildman–Crippen MR) is 93.2 cm³/mol. The van der Waals surface area contributed by atoms with Gasteiger partial charge in [-0.05, 0) is 39.8 Å². The summed E-state index contributed by atoms with van der Waals surface area (Å²) in [5, 5.41) is 3.58. The molecule has 0 radical (unpaired) electrons.